The topological polar surface area (TPSA) is 84.8 Å². The molecule has 0 aliphatic rings. The van der Waals surface area contributed by atoms with E-state index in [4.69, 9.17) is 4.74 Å². The minimum absolute atomic E-state index is 0.0846. The summed E-state index contributed by atoms with van der Waals surface area (Å²) in [5, 5.41) is 9.40. The summed E-state index contributed by atoms with van der Waals surface area (Å²) >= 11 is 0. The van der Waals surface area contributed by atoms with Gasteiger partial charge in [-0.1, -0.05) is 30.3 Å². The van der Waals surface area contributed by atoms with Gasteiger partial charge in [-0.15, -0.1) is 5.10 Å². The molecule has 1 amide bonds. The van der Waals surface area contributed by atoms with Crippen molar-refractivity contribution in [1.29, 1.82) is 0 Å². The number of carbonyl (C=O) groups excluding carboxylic acids is 1. The fourth-order valence-corrected chi connectivity index (χ4v) is 2.53. The van der Waals surface area contributed by atoms with Gasteiger partial charge >= 0.3 is 0 Å². The molecule has 2 aromatic heterocycles. The number of rotatable bonds is 7. The summed E-state index contributed by atoms with van der Waals surface area (Å²) in [6.07, 6.45) is 4.19. The van der Waals surface area contributed by atoms with Gasteiger partial charge in [-0.05, 0) is 17.7 Å². The Morgan fingerprint density at radius 3 is 2.71 bits per heavy atom. The predicted molar refractivity (Wildman–Crippen MR) is 89.4 cm³/mol. The smallest absolute Gasteiger partial charge is 0.248 e. The third-order valence-electron chi connectivity index (χ3n) is 3.61. The van der Waals surface area contributed by atoms with Crippen LogP contribution in [0.15, 0.2) is 54.9 Å². The molecule has 0 saturated heterocycles. The highest BCUT2D eigenvalue weighted by Crippen LogP contribution is 2.22. The fraction of sp³-hybridized carbons (Fsp3) is 0.235. The number of ether oxygens (including phenoxy) is 1. The molecule has 2 heterocycles. The van der Waals surface area contributed by atoms with E-state index in [2.05, 4.69) is 20.5 Å². The fourth-order valence-electron chi connectivity index (χ4n) is 2.53. The van der Waals surface area contributed by atoms with Crippen molar-refractivity contribution >= 4 is 11.9 Å². The van der Waals surface area contributed by atoms with Crippen molar-refractivity contribution in [3.05, 3.63) is 66.2 Å². The van der Waals surface area contributed by atoms with Gasteiger partial charge < -0.3 is 9.30 Å². The summed E-state index contributed by atoms with van der Waals surface area (Å²) in [4.78, 5) is 16.6. The van der Waals surface area contributed by atoms with Crippen LogP contribution in [0.4, 0.5) is 5.95 Å². The maximum atomic E-state index is 12.4. The SMILES string of the molecule is COCc1nc(NC(=O)C[C@@H](c2ccccc2)n2cccc2)n[nH]1. The van der Waals surface area contributed by atoms with Gasteiger partial charge in [0.2, 0.25) is 11.9 Å². The molecular weight excluding hydrogens is 306 g/mol. The molecule has 7 heteroatoms. The van der Waals surface area contributed by atoms with Gasteiger partial charge in [-0.25, -0.2) is 0 Å². The second kappa shape index (κ2) is 7.56. The van der Waals surface area contributed by atoms with E-state index in [9.17, 15) is 4.79 Å². The lowest BCUT2D eigenvalue weighted by Gasteiger charge is -2.18. The number of carbonyl (C=O) groups is 1. The Labute approximate surface area is 139 Å². The third-order valence-corrected chi connectivity index (χ3v) is 3.61. The van der Waals surface area contributed by atoms with Crippen molar-refractivity contribution in [2.45, 2.75) is 19.1 Å². The molecule has 3 rings (SSSR count). The third kappa shape index (κ3) is 3.88. The number of methoxy groups -OCH3 is 1. The van der Waals surface area contributed by atoms with E-state index < -0.39 is 0 Å². The number of aromatic amines is 1. The van der Waals surface area contributed by atoms with Crippen LogP contribution in [-0.2, 0) is 16.1 Å². The van der Waals surface area contributed by atoms with Crippen molar-refractivity contribution in [1.82, 2.24) is 19.7 Å². The van der Waals surface area contributed by atoms with Crippen LogP contribution in [0.25, 0.3) is 0 Å². The van der Waals surface area contributed by atoms with E-state index >= 15 is 0 Å². The van der Waals surface area contributed by atoms with E-state index in [1.807, 2.05) is 59.4 Å². The van der Waals surface area contributed by atoms with Gasteiger partial charge in [0.25, 0.3) is 0 Å². The molecule has 1 atom stereocenters. The Bertz CT molecular complexity index is 767. The highest BCUT2D eigenvalue weighted by Gasteiger charge is 2.18. The maximum Gasteiger partial charge on any atom is 0.248 e. The standard InChI is InChI=1S/C17H19N5O2/c1-24-12-15-18-17(21-20-15)19-16(23)11-14(22-9-5-6-10-22)13-7-3-2-4-8-13/h2-10,14H,11-12H2,1H3,(H2,18,19,20,21,23)/t14-/m0/s1. The Hall–Kier alpha value is -2.93. The minimum Gasteiger partial charge on any atom is -0.377 e. The average molecular weight is 325 g/mol. The van der Waals surface area contributed by atoms with Crippen LogP contribution in [0.3, 0.4) is 0 Å². The Balaban J connectivity index is 1.71. The number of nitrogens with zero attached hydrogens (tertiary/aromatic N) is 3. The molecular formula is C17H19N5O2. The Morgan fingerprint density at radius 1 is 1.25 bits per heavy atom. The van der Waals surface area contributed by atoms with Gasteiger partial charge in [-0.3, -0.25) is 15.2 Å². The van der Waals surface area contributed by atoms with Crippen LogP contribution in [0.2, 0.25) is 0 Å². The van der Waals surface area contributed by atoms with Crippen molar-refractivity contribution in [3.63, 3.8) is 0 Å². The van der Waals surface area contributed by atoms with E-state index in [0.717, 1.165) is 5.56 Å². The van der Waals surface area contributed by atoms with Crippen molar-refractivity contribution in [3.8, 4) is 0 Å². The lowest BCUT2D eigenvalue weighted by Crippen LogP contribution is -2.20. The summed E-state index contributed by atoms with van der Waals surface area (Å²) in [7, 11) is 1.57. The molecule has 0 aliphatic carbocycles. The van der Waals surface area contributed by atoms with Gasteiger partial charge in [-0.2, -0.15) is 4.98 Å². The van der Waals surface area contributed by atoms with Crippen LogP contribution in [0.1, 0.15) is 23.9 Å². The van der Waals surface area contributed by atoms with Crippen molar-refractivity contribution in [2.24, 2.45) is 0 Å². The second-order valence-corrected chi connectivity index (χ2v) is 5.35. The highest BCUT2D eigenvalue weighted by molar-refractivity contribution is 5.89. The number of hydrogen-bond donors (Lipinski definition) is 2. The van der Waals surface area contributed by atoms with Crippen LogP contribution >= 0.6 is 0 Å². The quantitative estimate of drug-likeness (QED) is 0.698. The monoisotopic (exact) mass is 325 g/mol. The van der Waals surface area contributed by atoms with E-state index in [1.165, 1.54) is 0 Å². The molecule has 0 bridgehead atoms. The van der Waals surface area contributed by atoms with Crippen LogP contribution in [-0.4, -0.2) is 32.8 Å². The average Bonchev–Trinajstić information content (AvgIpc) is 3.26. The first-order valence-corrected chi connectivity index (χ1v) is 7.63. The zero-order valence-corrected chi connectivity index (χ0v) is 13.3. The van der Waals surface area contributed by atoms with Gasteiger partial charge in [0, 0.05) is 19.5 Å². The van der Waals surface area contributed by atoms with Crippen LogP contribution < -0.4 is 5.32 Å². The maximum absolute atomic E-state index is 12.4. The van der Waals surface area contributed by atoms with Gasteiger partial charge in [0.05, 0.1) is 12.5 Å². The first-order valence-electron chi connectivity index (χ1n) is 7.63. The number of amides is 1. The number of benzene rings is 1. The molecule has 0 radical (unpaired) electrons. The number of aromatic nitrogens is 4. The number of H-pyrrole nitrogens is 1. The molecule has 2 N–H and O–H groups in total. The van der Waals surface area contributed by atoms with E-state index in [1.54, 1.807) is 7.11 Å². The predicted octanol–water partition coefficient (Wildman–Crippen LogP) is 2.37. The molecule has 0 aliphatic heterocycles. The minimum atomic E-state index is -0.152. The molecule has 0 unspecified atom stereocenters. The molecule has 0 fully saturated rings. The molecule has 124 valence electrons. The van der Waals surface area contributed by atoms with Crippen molar-refractivity contribution in [2.75, 3.05) is 12.4 Å². The number of nitrogens with one attached hydrogen (secondary N) is 2. The van der Waals surface area contributed by atoms with Crippen LogP contribution in [0, 0.1) is 0 Å². The van der Waals surface area contributed by atoms with Gasteiger partial charge in [0.15, 0.2) is 5.82 Å². The summed E-state index contributed by atoms with van der Waals surface area (Å²) in [5.74, 6) is 0.671. The molecule has 3 aromatic rings. The summed E-state index contributed by atoms with van der Waals surface area (Å²) < 4.78 is 6.98. The van der Waals surface area contributed by atoms with Gasteiger partial charge in [0.1, 0.15) is 6.61 Å². The zero-order chi connectivity index (χ0) is 16.8. The lowest BCUT2D eigenvalue weighted by atomic mass is 10.0. The first kappa shape index (κ1) is 15.9. The number of hydrogen-bond acceptors (Lipinski definition) is 4. The molecule has 0 spiro atoms. The lowest BCUT2D eigenvalue weighted by molar-refractivity contribution is -0.116. The van der Waals surface area contributed by atoms with Crippen LogP contribution in [0.5, 0.6) is 0 Å². The van der Waals surface area contributed by atoms with Crippen molar-refractivity contribution < 1.29 is 9.53 Å². The molecule has 1 aromatic carbocycles. The first-order chi connectivity index (χ1) is 11.8. The number of anilines is 1. The zero-order valence-electron chi connectivity index (χ0n) is 13.3. The Morgan fingerprint density at radius 2 is 2.00 bits per heavy atom. The van der Waals surface area contributed by atoms with E-state index in [0.29, 0.717) is 12.4 Å². The highest BCUT2D eigenvalue weighted by atomic mass is 16.5. The Kier molecular flexibility index (Phi) is 5.02. The second-order valence-electron chi connectivity index (χ2n) is 5.35. The molecule has 0 saturated carbocycles. The largest absolute Gasteiger partial charge is 0.377 e. The normalized spacial score (nSPS) is 12.0. The summed E-state index contributed by atoms with van der Waals surface area (Å²) in [5.41, 5.74) is 1.07. The molecule has 24 heavy (non-hydrogen) atoms. The van der Waals surface area contributed by atoms with E-state index in [-0.39, 0.29) is 24.3 Å². The summed E-state index contributed by atoms with van der Waals surface area (Å²) in [6, 6.07) is 13.7. The summed E-state index contributed by atoms with van der Waals surface area (Å²) in [6.45, 7) is 0.318. The molecule has 7 nitrogen and oxygen atoms in total.